The average molecular weight is 373 g/mol. The van der Waals surface area contributed by atoms with Crippen molar-refractivity contribution in [2.24, 2.45) is 11.8 Å². The van der Waals surface area contributed by atoms with Gasteiger partial charge in [0, 0.05) is 9.93 Å². The lowest BCUT2D eigenvalue weighted by Crippen LogP contribution is -2.60. The van der Waals surface area contributed by atoms with Crippen molar-refractivity contribution >= 4 is 0 Å². The first-order valence-electron chi connectivity index (χ1n) is 10.6. The van der Waals surface area contributed by atoms with Gasteiger partial charge < -0.3 is 0 Å². The highest BCUT2D eigenvalue weighted by Gasteiger charge is 2.57. The minimum Gasteiger partial charge on any atom is -0.251 e. The van der Waals surface area contributed by atoms with Crippen molar-refractivity contribution in [3.8, 4) is 0 Å². The van der Waals surface area contributed by atoms with E-state index in [-0.39, 0.29) is 0 Å². The number of hydrogen-bond donors (Lipinski definition) is 2. The van der Waals surface area contributed by atoms with Gasteiger partial charge in [0.1, 0.15) is 11.2 Å². The van der Waals surface area contributed by atoms with Crippen LogP contribution in [0.25, 0.3) is 0 Å². The van der Waals surface area contributed by atoms with Gasteiger partial charge in [-0.2, -0.15) is 0 Å². The van der Waals surface area contributed by atoms with E-state index in [0.717, 1.165) is 63.2 Å². The Bertz CT molecular complexity index is 342. The Hall–Kier alpha value is -0.560. The molecule has 0 aromatic carbocycles. The fourth-order valence-corrected chi connectivity index (χ4v) is 6.01. The van der Waals surface area contributed by atoms with Crippen LogP contribution in [-0.4, -0.2) is 21.7 Å². The van der Waals surface area contributed by atoms with Crippen LogP contribution in [-0.2, 0) is 9.78 Å². The molecule has 0 heterocycles. The van der Waals surface area contributed by atoms with E-state index in [1.807, 2.05) is 0 Å². The Kier molecular flexibility index (Phi) is 8.94. The van der Waals surface area contributed by atoms with Gasteiger partial charge >= 0.3 is 0 Å². The van der Waals surface area contributed by atoms with Gasteiger partial charge in [-0.15, -0.1) is 0 Å². The molecule has 4 fully saturated rings. The molecule has 2 N–H and O–H groups in total. The zero-order valence-electron chi connectivity index (χ0n) is 16.0. The van der Waals surface area contributed by atoms with E-state index in [1.54, 1.807) is 25.7 Å². The highest BCUT2D eigenvalue weighted by atomic mass is 17.1. The standard InChI is InChI=1S/C10H18O4.C10H18.O2/c11-13-9-5-1-2-6-10(9,14-12)8-4-3-7-9;1-2-6-10-8-4-3-7-9(10)5-1;1-2/h11-12H,1-8H2;9-10H,1-8H2;. The Morgan fingerprint density at radius 1 is 0.538 bits per heavy atom. The lowest BCUT2D eigenvalue weighted by atomic mass is 9.64. The van der Waals surface area contributed by atoms with Gasteiger partial charge in [0.2, 0.25) is 0 Å². The minimum absolute atomic E-state index is 0.655. The van der Waals surface area contributed by atoms with E-state index in [0.29, 0.717) is 0 Å². The SMILES string of the molecule is C1CCC2CCCCC2C1.O=O.OOC12CCCCC1(OO)CCCC2. The zero-order valence-corrected chi connectivity index (χ0v) is 16.0. The second-order valence-corrected chi connectivity index (χ2v) is 8.67. The minimum atomic E-state index is -0.655. The van der Waals surface area contributed by atoms with Crippen LogP contribution >= 0.6 is 0 Å². The Labute approximate surface area is 156 Å². The smallest absolute Gasteiger partial charge is 0.135 e. The number of hydrogen-bond acceptors (Lipinski definition) is 6. The maximum Gasteiger partial charge on any atom is 0.135 e. The van der Waals surface area contributed by atoms with Gasteiger partial charge in [-0.25, -0.2) is 9.78 Å². The predicted octanol–water partition coefficient (Wildman–Crippen LogP) is 6.03. The van der Waals surface area contributed by atoms with Crippen LogP contribution in [0.1, 0.15) is 103 Å². The summed E-state index contributed by atoms with van der Waals surface area (Å²) < 4.78 is 0. The molecule has 0 aliphatic heterocycles. The third-order valence-electron chi connectivity index (χ3n) is 7.47. The van der Waals surface area contributed by atoms with Gasteiger partial charge in [0.15, 0.2) is 0 Å². The summed E-state index contributed by atoms with van der Waals surface area (Å²) in [6, 6.07) is 0. The first-order valence-corrected chi connectivity index (χ1v) is 10.6. The van der Waals surface area contributed by atoms with E-state index in [4.69, 9.17) is 30.2 Å². The molecule has 0 bridgehead atoms. The summed E-state index contributed by atoms with van der Waals surface area (Å²) in [5, 5.41) is 18.2. The van der Waals surface area contributed by atoms with Gasteiger partial charge in [0.05, 0.1) is 0 Å². The van der Waals surface area contributed by atoms with Crippen molar-refractivity contribution in [1.82, 2.24) is 0 Å². The van der Waals surface area contributed by atoms with Crippen molar-refractivity contribution in [3.05, 3.63) is 9.93 Å². The summed E-state index contributed by atoms with van der Waals surface area (Å²) in [5.74, 6) is 2.31. The van der Waals surface area contributed by atoms with Crippen LogP contribution in [0.4, 0.5) is 0 Å². The third-order valence-corrected chi connectivity index (χ3v) is 7.47. The fourth-order valence-electron chi connectivity index (χ4n) is 6.01. The zero-order chi connectivity index (χ0) is 18.9. The molecule has 6 heteroatoms. The van der Waals surface area contributed by atoms with Crippen LogP contribution in [0.15, 0.2) is 0 Å². The van der Waals surface area contributed by atoms with E-state index < -0.39 is 11.2 Å². The second kappa shape index (κ2) is 10.7. The van der Waals surface area contributed by atoms with Crippen molar-refractivity contribution in [1.29, 1.82) is 0 Å². The van der Waals surface area contributed by atoms with Crippen molar-refractivity contribution < 1.29 is 20.3 Å². The van der Waals surface area contributed by atoms with Crippen molar-refractivity contribution in [2.45, 2.75) is 114 Å². The molecule has 0 aromatic heterocycles. The average Bonchev–Trinajstić information content (AvgIpc) is 2.75. The molecule has 0 spiro atoms. The monoisotopic (exact) mass is 372 g/mol. The summed E-state index contributed by atoms with van der Waals surface area (Å²) in [6.07, 6.45) is 19.6. The van der Waals surface area contributed by atoms with Crippen LogP contribution in [0.2, 0.25) is 0 Å². The molecule has 0 radical (unpaired) electrons. The molecule has 0 unspecified atom stereocenters. The van der Waals surface area contributed by atoms with Crippen LogP contribution in [0, 0.1) is 21.8 Å². The molecule has 0 amide bonds. The third kappa shape index (κ3) is 4.64. The first-order chi connectivity index (χ1) is 12.8. The highest BCUT2D eigenvalue weighted by molar-refractivity contribution is 5.06. The van der Waals surface area contributed by atoms with Gasteiger partial charge in [-0.05, 0) is 37.5 Å². The molecule has 0 atom stereocenters. The lowest BCUT2D eigenvalue weighted by molar-refractivity contribution is -0.443. The van der Waals surface area contributed by atoms with Crippen molar-refractivity contribution in [3.63, 3.8) is 0 Å². The maximum absolute atomic E-state index is 9.08. The van der Waals surface area contributed by atoms with E-state index in [1.165, 1.54) is 25.7 Å². The molecular formula is C20H36O6. The lowest BCUT2D eigenvalue weighted by Gasteiger charge is -2.51. The highest BCUT2D eigenvalue weighted by Crippen LogP contribution is 2.50. The number of fused-ring (bicyclic) bond motifs is 2. The molecule has 4 aliphatic rings. The summed E-state index contributed by atoms with van der Waals surface area (Å²) in [6.45, 7) is 0. The molecule has 4 saturated carbocycles. The van der Waals surface area contributed by atoms with E-state index in [2.05, 4.69) is 0 Å². The van der Waals surface area contributed by atoms with E-state index in [9.17, 15) is 0 Å². The summed E-state index contributed by atoms with van der Waals surface area (Å²) in [5.41, 5.74) is -1.31. The largest absolute Gasteiger partial charge is 0.251 e. The van der Waals surface area contributed by atoms with Crippen LogP contribution < -0.4 is 0 Å². The van der Waals surface area contributed by atoms with Crippen molar-refractivity contribution in [2.75, 3.05) is 0 Å². The molecule has 6 nitrogen and oxygen atoms in total. The maximum atomic E-state index is 9.08. The van der Waals surface area contributed by atoms with Gasteiger partial charge in [-0.3, -0.25) is 10.5 Å². The summed E-state index contributed by atoms with van der Waals surface area (Å²) in [7, 11) is 0. The quantitative estimate of drug-likeness (QED) is 0.454. The molecule has 152 valence electrons. The molecule has 26 heavy (non-hydrogen) atoms. The second-order valence-electron chi connectivity index (χ2n) is 8.67. The number of rotatable bonds is 2. The van der Waals surface area contributed by atoms with Gasteiger partial charge in [0.25, 0.3) is 0 Å². The van der Waals surface area contributed by atoms with Crippen LogP contribution in [0.3, 0.4) is 0 Å². The molecule has 4 rings (SSSR count). The predicted molar refractivity (Wildman–Crippen MR) is 100 cm³/mol. The Morgan fingerprint density at radius 2 is 0.808 bits per heavy atom. The molecule has 0 saturated heterocycles. The van der Waals surface area contributed by atoms with Gasteiger partial charge in [-0.1, -0.05) is 77.0 Å². The Balaban J connectivity index is 0.000000178. The molecular weight excluding hydrogens is 336 g/mol. The van der Waals surface area contributed by atoms with Crippen LogP contribution in [0.5, 0.6) is 0 Å². The first kappa shape index (κ1) is 21.7. The fraction of sp³-hybridized carbons (Fsp3) is 1.00. The Morgan fingerprint density at radius 3 is 1.04 bits per heavy atom. The topological polar surface area (TPSA) is 93.1 Å². The summed E-state index contributed by atoms with van der Waals surface area (Å²) in [4.78, 5) is 23.4. The van der Waals surface area contributed by atoms with E-state index >= 15 is 0 Å². The molecule has 0 aromatic rings. The normalized spacial score (nSPS) is 39.2. The molecule has 4 aliphatic carbocycles. The summed E-state index contributed by atoms with van der Waals surface area (Å²) >= 11 is 0.